The molecule has 2 atom stereocenters. The molecule has 2 unspecified atom stereocenters. The van der Waals surface area contributed by atoms with Crippen molar-refractivity contribution in [3.8, 4) is 0 Å². The van der Waals surface area contributed by atoms with Crippen molar-refractivity contribution in [1.82, 2.24) is 5.32 Å². The highest BCUT2D eigenvalue weighted by Gasteiger charge is 2.25. The number of benzene rings is 1. The lowest BCUT2D eigenvalue weighted by Gasteiger charge is -2.19. The molecule has 0 bridgehead atoms. The van der Waals surface area contributed by atoms with Crippen LogP contribution >= 0.6 is 0 Å². The maximum atomic E-state index is 11.1. The third kappa shape index (κ3) is 3.76. The molecule has 0 radical (unpaired) electrons. The molecule has 19 heavy (non-hydrogen) atoms. The SMILES string of the molecule is NCC1CCCC1NCc1ccc(S(N)(=O)=O)cc1. The summed E-state index contributed by atoms with van der Waals surface area (Å²) in [6.07, 6.45) is 3.58. The van der Waals surface area contributed by atoms with Crippen molar-refractivity contribution in [2.24, 2.45) is 16.8 Å². The number of primary sulfonamides is 1. The van der Waals surface area contributed by atoms with Crippen LogP contribution in [-0.2, 0) is 16.6 Å². The lowest BCUT2D eigenvalue weighted by molar-refractivity contribution is 0.406. The summed E-state index contributed by atoms with van der Waals surface area (Å²) >= 11 is 0. The topological polar surface area (TPSA) is 98.2 Å². The Kier molecular flexibility index (Phi) is 4.57. The molecule has 1 saturated carbocycles. The minimum absolute atomic E-state index is 0.150. The lowest BCUT2D eigenvalue weighted by atomic mass is 10.0. The molecule has 1 aliphatic rings. The molecule has 1 aromatic rings. The number of rotatable bonds is 5. The van der Waals surface area contributed by atoms with Crippen LogP contribution in [0, 0.1) is 5.92 Å². The molecule has 0 aromatic heterocycles. The molecular weight excluding hydrogens is 262 g/mol. The van der Waals surface area contributed by atoms with E-state index in [4.69, 9.17) is 10.9 Å². The summed E-state index contributed by atoms with van der Waals surface area (Å²) in [6, 6.07) is 7.14. The second-order valence-electron chi connectivity index (χ2n) is 5.10. The zero-order chi connectivity index (χ0) is 13.9. The molecule has 1 fully saturated rings. The van der Waals surface area contributed by atoms with Crippen molar-refractivity contribution in [3.63, 3.8) is 0 Å². The first-order valence-corrected chi connectivity index (χ1v) is 8.10. The molecule has 0 amide bonds. The molecule has 5 N–H and O–H groups in total. The molecule has 1 aromatic carbocycles. The van der Waals surface area contributed by atoms with E-state index < -0.39 is 10.0 Å². The maximum absolute atomic E-state index is 11.1. The van der Waals surface area contributed by atoms with Crippen LogP contribution in [0.25, 0.3) is 0 Å². The van der Waals surface area contributed by atoms with E-state index in [2.05, 4.69) is 5.32 Å². The van der Waals surface area contributed by atoms with E-state index in [1.807, 2.05) is 0 Å². The highest BCUT2D eigenvalue weighted by molar-refractivity contribution is 7.89. The zero-order valence-corrected chi connectivity index (χ0v) is 11.7. The van der Waals surface area contributed by atoms with E-state index in [0.717, 1.165) is 25.1 Å². The van der Waals surface area contributed by atoms with Crippen LogP contribution in [0.5, 0.6) is 0 Å². The fourth-order valence-corrected chi connectivity index (χ4v) is 3.15. The molecular formula is C13H21N3O2S. The number of nitrogens with one attached hydrogen (secondary N) is 1. The van der Waals surface area contributed by atoms with E-state index in [1.165, 1.54) is 12.8 Å². The Labute approximate surface area is 114 Å². The summed E-state index contributed by atoms with van der Waals surface area (Å²) in [7, 11) is -3.60. The third-order valence-corrected chi connectivity index (χ3v) is 4.71. The summed E-state index contributed by atoms with van der Waals surface area (Å²) in [5.74, 6) is 0.559. The normalized spacial score (nSPS) is 23.7. The Morgan fingerprint density at radius 3 is 2.47 bits per heavy atom. The Hall–Kier alpha value is -0.950. The van der Waals surface area contributed by atoms with Crippen molar-refractivity contribution < 1.29 is 8.42 Å². The summed E-state index contributed by atoms with van der Waals surface area (Å²) in [6.45, 7) is 1.45. The molecule has 5 nitrogen and oxygen atoms in total. The van der Waals surface area contributed by atoms with Crippen molar-refractivity contribution in [3.05, 3.63) is 29.8 Å². The average molecular weight is 283 g/mol. The number of hydrogen-bond acceptors (Lipinski definition) is 4. The van der Waals surface area contributed by atoms with Gasteiger partial charge in [-0.3, -0.25) is 0 Å². The molecule has 0 heterocycles. The van der Waals surface area contributed by atoms with Gasteiger partial charge in [0.15, 0.2) is 0 Å². The Morgan fingerprint density at radius 2 is 1.89 bits per heavy atom. The van der Waals surface area contributed by atoms with Gasteiger partial charge in [-0.1, -0.05) is 18.6 Å². The van der Waals surface area contributed by atoms with Crippen LogP contribution in [0.3, 0.4) is 0 Å². The van der Waals surface area contributed by atoms with Crippen molar-refractivity contribution in [1.29, 1.82) is 0 Å². The van der Waals surface area contributed by atoms with Gasteiger partial charge >= 0.3 is 0 Å². The number of nitrogens with two attached hydrogens (primary N) is 2. The molecule has 0 aliphatic heterocycles. The standard InChI is InChI=1S/C13H21N3O2S/c14-8-11-2-1-3-13(11)16-9-10-4-6-12(7-5-10)19(15,17)18/h4-7,11,13,16H,1-3,8-9,14H2,(H2,15,17,18). The molecule has 106 valence electrons. The van der Waals surface area contributed by atoms with Gasteiger partial charge in [-0.25, -0.2) is 13.6 Å². The van der Waals surface area contributed by atoms with Crippen LogP contribution in [0.2, 0.25) is 0 Å². The number of sulfonamides is 1. The first-order chi connectivity index (χ1) is 9.00. The van der Waals surface area contributed by atoms with Crippen LogP contribution < -0.4 is 16.2 Å². The average Bonchev–Trinajstić information content (AvgIpc) is 2.83. The van der Waals surface area contributed by atoms with Gasteiger partial charge in [-0.15, -0.1) is 0 Å². The first-order valence-electron chi connectivity index (χ1n) is 6.56. The highest BCUT2D eigenvalue weighted by atomic mass is 32.2. The minimum Gasteiger partial charge on any atom is -0.330 e. The molecule has 2 rings (SSSR count). The minimum atomic E-state index is -3.60. The van der Waals surface area contributed by atoms with Crippen LogP contribution in [0.15, 0.2) is 29.2 Å². The number of hydrogen-bond donors (Lipinski definition) is 3. The van der Waals surface area contributed by atoms with Gasteiger partial charge in [0.2, 0.25) is 10.0 Å². The molecule has 0 spiro atoms. The Morgan fingerprint density at radius 1 is 1.21 bits per heavy atom. The van der Waals surface area contributed by atoms with Gasteiger partial charge < -0.3 is 11.1 Å². The van der Waals surface area contributed by atoms with Crippen molar-refractivity contribution in [2.45, 2.75) is 36.7 Å². The second kappa shape index (κ2) is 6.00. The van der Waals surface area contributed by atoms with E-state index >= 15 is 0 Å². The smallest absolute Gasteiger partial charge is 0.238 e. The van der Waals surface area contributed by atoms with Crippen LogP contribution in [-0.4, -0.2) is 21.0 Å². The molecule has 6 heteroatoms. The van der Waals surface area contributed by atoms with E-state index in [9.17, 15) is 8.42 Å². The van der Waals surface area contributed by atoms with Crippen LogP contribution in [0.1, 0.15) is 24.8 Å². The van der Waals surface area contributed by atoms with Crippen LogP contribution in [0.4, 0.5) is 0 Å². The van der Waals surface area contributed by atoms with Gasteiger partial charge in [-0.2, -0.15) is 0 Å². The van der Waals surface area contributed by atoms with Gasteiger partial charge in [0.05, 0.1) is 4.90 Å². The lowest BCUT2D eigenvalue weighted by Crippen LogP contribution is -2.35. The highest BCUT2D eigenvalue weighted by Crippen LogP contribution is 2.24. The van der Waals surface area contributed by atoms with E-state index in [-0.39, 0.29) is 4.90 Å². The Bertz CT molecular complexity index is 513. The van der Waals surface area contributed by atoms with Gasteiger partial charge in [0.25, 0.3) is 0 Å². The quantitative estimate of drug-likeness (QED) is 0.735. The summed E-state index contributed by atoms with van der Waals surface area (Å²) in [5, 5.41) is 8.56. The predicted molar refractivity (Wildman–Crippen MR) is 74.8 cm³/mol. The Balaban J connectivity index is 1.93. The summed E-state index contributed by atoms with van der Waals surface area (Å²) in [5.41, 5.74) is 6.79. The summed E-state index contributed by atoms with van der Waals surface area (Å²) < 4.78 is 22.3. The predicted octanol–water partition coefficient (Wildman–Crippen LogP) is 0.551. The third-order valence-electron chi connectivity index (χ3n) is 3.78. The molecule has 1 aliphatic carbocycles. The second-order valence-corrected chi connectivity index (χ2v) is 6.66. The van der Waals surface area contributed by atoms with Gasteiger partial charge in [-0.05, 0) is 43.0 Å². The zero-order valence-electron chi connectivity index (χ0n) is 10.9. The van der Waals surface area contributed by atoms with Gasteiger partial charge in [0, 0.05) is 12.6 Å². The fourth-order valence-electron chi connectivity index (χ4n) is 2.63. The molecule has 0 saturated heterocycles. The fraction of sp³-hybridized carbons (Fsp3) is 0.538. The van der Waals surface area contributed by atoms with E-state index in [1.54, 1.807) is 24.3 Å². The first kappa shape index (κ1) is 14.5. The van der Waals surface area contributed by atoms with E-state index in [0.29, 0.717) is 12.0 Å². The summed E-state index contributed by atoms with van der Waals surface area (Å²) in [4.78, 5) is 0.150. The van der Waals surface area contributed by atoms with Gasteiger partial charge in [0.1, 0.15) is 0 Å². The largest absolute Gasteiger partial charge is 0.330 e. The maximum Gasteiger partial charge on any atom is 0.238 e. The van der Waals surface area contributed by atoms with Crippen molar-refractivity contribution >= 4 is 10.0 Å². The monoisotopic (exact) mass is 283 g/mol. The van der Waals surface area contributed by atoms with Crippen molar-refractivity contribution in [2.75, 3.05) is 6.54 Å².